The van der Waals surface area contributed by atoms with Gasteiger partial charge in [0.25, 0.3) is 0 Å². The van der Waals surface area contributed by atoms with Crippen molar-refractivity contribution in [1.82, 2.24) is 20.1 Å². The minimum Gasteiger partial charge on any atom is -0.329 e. The van der Waals surface area contributed by atoms with Crippen LogP contribution in [0.5, 0.6) is 0 Å². The van der Waals surface area contributed by atoms with E-state index in [0.29, 0.717) is 5.01 Å². The normalized spacial score (nSPS) is 13.0. The fraction of sp³-hybridized carbons (Fsp3) is 0.417. The first-order valence-electron chi connectivity index (χ1n) is 6.27. The first-order chi connectivity index (χ1) is 10.2. The van der Waals surface area contributed by atoms with Crippen LogP contribution in [0.15, 0.2) is 12.4 Å². The number of nitrogens with zero attached hydrogens (tertiary/aromatic N) is 3. The molecule has 120 valence electrons. The van der Waals surface area contributed by atoms with Gasteiger partial charge in [-0.2, -0.15) is 18.3 Å². The number of hydrogen-bond acceptors (Lipinski definition) is 4. The molecule has 2 heterocycles. The Morgan fingerprint density at radius 2 is 2.14 bits per heavy atom. The number of alkyl halides is 3. The van der Waals surface area contributed by atoms with Gasteiger partial charge in [-0.25, -0.2) is 9.78 Å². The van der Waals surface area contributed by atoms with Gasteiger partial charge in [-0.15, -0.1) is 11.3 Å². The molecule has 1 unspecified atom stereocenters. The Morgan fingerprint density at radius 3 is 2.68 bits per heavy atom. The number of amides is 2. The first kappa shape index (κ1) is 16.3. The van der Waals surface area contributed by atoms with Crippen molar-refractivity contribution in [1.29, 1.82) is 0 Å². The number of urea groups is 1. The summed E-state index contributed by atoms with van der Waals surface area (Å²) in [6.07, 6.45) is -1.87. The Morgan fingerprint density at radius 1 is 1.45 bits per heavy atom. The number of carbonyl (C=O) groups excluding carboxylic acids is 1. The molecule has 2 aromatic heterocycles. The van der Waals surface area contributed by atoms with Crippen molar-refractivity contribution >= 4 is 23.1 Å². The molecule has 1 atom stereocenters. The van der Waals surface area contributed by atoms with Gasteiger partial charge in [0, 0.05) is 24.3 Å². The maximum atomic E-state index is 12.8. The molecule has 2 aromatic rings. The van der Waals surface area contributed by atoms with Crippen molar-refractivity contribution in [3.63, 3.8) is 0 Å². The highest BCUT2D eigenvalue weighted by molar-refractivity contribution is 7.11. The zero-order valence-electron chi connectivity index (χ0n) is 12.0. The maximum Gasteiger partial charge on any atom is 0.437 e. The number of nitrogens with one attached hydrogen (secondary N) is 2. The van der Waals surface area contributed by atoms with Crippen LogP contribution in [0.2, 0.25) is 0 Å². The molecular weight excluding hydrogens is 319 g/mol. The van der Waals surface area contributed by atoms with Crippen molar-refractivity contribution in [3.8, 4) is 0 Å². The average Bonchev–Trinajstić information content (AvgIpc) is 2.95. The van der Waals surface area contributed by atoms with Gasteiger partial charge in [0.2, 0.25) is 0 Å². The summed E-state index contributed by atoms with van der Waals surface area (Å²) in [6, 6.07) is -1.16. The smallest absolute Gasteiger partial charge is 0.329 e. The molecule has 0 aliphatic rings. The number of hydrogen-bond donors (Lipinski definition) is 2. The minimum atomic E-state index is -4.64. The number of halogens is 3. The van der Waals surface area contributed by atoms with Crippen LogP contribution < -0.4 is 10.6 Å². The number of thiazole rings is 1. The molecule has 0 aromatic carbocycles. The number of rotatable bonds is 3. The van der Waals surface area contributed by atoms with Crippen LogP contribution in [0.4, 0.5) is 23.7 Å². The molecule has 2 amide bonds. The molecule has 0 aliphatic heterocycles. The summed E-state index contributed by atoms with van der Waals surface area (Å²) in [7, 11) is 1.35. The maximum absolute atomic E-state index is 12.8. The van der Waals surface area contributed by atoms with E-state index in [1.165, 1.54) is 18.4 Å². The highest BCUT2D eigenvalue weighted by atomic mass is 32.1. The second kappa shape index (κ2) is 5.95. The molecule has 10 heteroatoms. The molecule has 6 nitrogen and oxygen atoms in total. The highest BCUT2D eigenvalue weighted by Gasteiger charge is 2.37. The van der Waals surface area contributed by atoms with Crippen LogP contribution in [0, 0.1) is 6.92 Å². The molecule has 0 spiro atoms. The second-order valence-electron chi connectivity index (χ2n) is 4.69. The van der Waals surface area contributed by atoms with E-state index in [4.69, 9.17) is 0 Å². The summed E-state index contributed by atoms with van der Waals surface area (Å²) in [5.74, 6) is 0. The van der Waals surface area contributed by atoms with E-state index < -0.39 is 29.6 Å². The largest absolute Gasteiger partial charge is 0.437 e. The van der Waals surface area contributed by atoms with E-state index in [2.05, 4.69) is 20.7 Å². The lowest BCUT2D eigenvalue weighted by Crippen LogP contribution is -2.31. The van der Waals surface area contributed by atoms with Crippen molar-refractivity contribution in [2.24, 2.45) is 7.05 Å². The predicted octanol–water partition coefficient (Wildman–Crippen LogP) is 3.09. The Labute approximate surface area is 128 Å². The molecular formula is C12H14F3N5OS. The van der Waals surface area contributed by atoms with Crippen molar-refractivity contribution in [2.45, 2.75) is 26.1 Å². The third-order valence-corrected chi connectivity index (χ3v) is 3.80. The Kier molecular flexibility index (Phi) is 4.40. The molecule has 0 saturated heterocycles. The topological polar surface area (TPSA) is 71.8 Å². The summed E-state index contributed by atoms with van der Waals surface area (Å²) in [4.78, 5) is 16.9. The molecule has 22 heavy (non-hydrogen) atoms. The van der Waals surface area contributed by atoms with E-state index >= 15 is 0 Å². The predicted molar refractivity (Wildman–Crippen MR) is 75.6 cm³/mol. The highest BCUT2D eigenvalue weighted by Crippen LogP contribution is 2.33. The third kappa shape index (κ3) is 3.75. The fourth-order valence-corrected chi connectivity index (χ4v) is 2.55. The molecule has 0 aliphatic carbocycles. The summed E-state index contributed by atoms with van der Waals surface area (Å²) >= 11 is 1.41. The Hall–Kier alpha value is -2.10. The number of aryl methyl sites for hydroxylation is 2. The average molecular weight is 333 g/mol. The SMILES string of the molecule is Cc1cnc(C(C)NC(=O)Nc2cn(C)nc2C(F)(F)F)s1. The molecule has 2 rings (SSSR count). The van der Waals surface area contributed by atoms with Crippen LogP contribution in [0.3, 0.4) is 0 Å². The summed E-state index contributed by atoms with van der Waals surface area (Å²) < 4.78 is 39.4. The number of carbonyl (C=O) groups is 1. The molecule has 0 bridgehead atoms. The van der Waals surface area contributed by atoms with Gasteiger partial charge in [-0.05, 0) is 13.8 Å². The van der Waals surface area contributed by atoms with Gasteiger partial charge >= 0.3 is 12.2 Å². The fourth-order valence-electron chi connectivity index (χ4n) is 1.78. The Balaban J connectivity index is 2.06. The lowest BCUT2D eigenvalue weighted by Gasteiger charge is -2.12. The van der Waals surface area contributed by atoms with Crippen LogP contribution in [0.1, 0.15) is 28.5 Å². The van der Waals surface area contributed by atoms with Gasteiger partial charge in [0.1, 0.15) is 5.01 Å². The van der Waals surface area contributed by atoms with E-state index in [1.54, 1.807) is 13.1 Å². The number of aromatic nitrogens is 3. The van der Waals surface area contributed by atoms with Crippen LogP contribution in [-0.4, -0.2) is 20.8 Å². The third-order valence-electron chi connectivity index (χ3n) is 2.70. The van der Waals surface area contributed by atoms with Gasteiger partial charge in [-0.1, -0.05) is 0 Å². The first-order valence-corrected chi connectivity index (χ1v) is 7.09. The zero-order chi connectivity index (χ0) is 16.5. The van der Waals surface area contributed by atoms with E-state index in [-0.39, 0.29) is 0 Å². The van der Waals surface area contributed by atoms with Crippen LogP contribution in [-0.2, 0) is 13.2 Å². The van der Waals surface area contributed by atoms with Gasteiger partial charge in [-0.3, -0.25) is 4.68 Å². The van der Waals surface area contributed by atoms with Gasteiger partial charge in [0.05, 0.1) is 11.7 Å². The minimum absolute atomic E-state index is 0.394. The summed E-state index contributed by atoms with van der Waals surface area (Å²) in [6.45, 7) is 3.57. The summed E-state index contributed by atoms with van der Waals surface area (Å²) in [5.41, 5.74) is -1.53. The van der Waals surface area contributed by atoms with Gasteiger partial charge < -0.3 is 10.6 Å². The van der Waals surface area contributed by atoms with E-state index in [1.807, 2.05) is 6.92 Å². The van der Waals surface area contributed by atoms with Crippen LogP contribution >= 0.6 is 11.3 Å². The van der Waals surface area contributed by atoms with Crippen LogP contribution in [0.25, 0.3) is 0 Å². The van der Waals surface area contributed by atoms with E-state index in [0.717, 1.165) is 15.8 Å². The second-order valence-corrected chi connectivity index (χ2v) is 5.96. The van der Waals surface area contributed by atoms with Crippen molar-refractivity contribution in [2.75, 3.05) is 5.32 Å². The van der Waals surface area contributed by atoms with Gasteiger partial charge in [0.15, 0.2) is 5.69 Å². The van der Waals surface area contributed by atoms with E-state index in [9.17, 15) is 18.0 Å². The molecule has 2 N–H and O–H groups in total. The molecule has 0 radical (unpaired) electrons. The number of anilines is 1. The van der Waals surface area contributed by atoms with Crippen molar-refractivity contribution in [3.05, 3.63) is 28.0 Å². The molecule has 0 saturated carbocycles. The summed E-state index contributed by atoms with van der Waals surface area (Å²) in [5, 5.41) is 8.70. The molecule has 0 fully saturated rings. The quantitative estimate of drug-likeness (QED) is 0.907. The lowest BCUT2D eigenvalue weighted by atomic mass is 10.3. The monoisotopic (exact) mass is 333 g/mol. The lowest BCUT2D eigenvalue weighted by molar-refractivity contribution is -0.140. The standard InChI is InChI=1S/C12H14F3N5OS/c1-6-4-16-10(22-6)7(2)17-11(21)18-8-5-20(3)19-9(8)12(13,14)15/h4-5,7H,1-3H3,(H2,17,18,21). The van der Waals surface area contributed by atoms with Crippen molar-refractivity contribution < 1.29 is 18.0 Å². The zero-order valence-corrected chi connectivity index (χ0v) is 12.8. The Bertz CT molecular complexity index is 679.